The molecule has 0 fully saturated rings. The summed E-state index contributed by atoms with van der Waals surface area (Å²) < 4.78 is 1.13. The Hall–Kier alpha value is -1.51. The molecule has 2 aliphatic rings. The lowest BCUT2D eigenvalue weighted by Gasteiger charge is -2.24. The van der Waals surface area contributed by atoms with Crippen LogP contribution in [0.4, 0.5) is 0 Å². The topological polar surface area (TPSA) is 0 Å². The maximum atomic E-state index is 3.56. The summed E-state index contributed by atoms with van der Waals surface area (Å²) in [6.45, 7) is 2.17. The van der Waals surface area contributed by atoms with E-state index in [-0.39, 0.29) is 0 Å². The Balaban J connectivity index is 1.61. The van der Waals surface area contributed by atoms with Crippen LogP contribution in [0.25, 0.3) is 10.8 Å². The minimum absolute atomic E-state index is 0.502. The molecule has 2 aliphatic carbocycles. The van der Waals surface area contributed by atoms with Gasteiger partial charge >= 0.3 is 0 Å². The number of fused-ring (bicyclic) bond motifs is 2. The lowest BCUT2D eigenvalue weighted by molar-refractivity contribution is 0.653. The Morgan fingerprint density at radius 2 is 1.70 bits per heavy atom. The summed E-state index contributed by atoms with van der Waals surface area (Å²) in [5.41, 5.74) is 1.36. The van der Waals surface area contributed by atoms with E-state index in [1.807, 2.05) is 11.8 Å². The fraction of sp³-hybridized carbons (Fsp3) is 0.143. The van der Waals surface area contributed by atoms with Gasteiger partial charge in [0.25, 0.3) is 0 Å². The smallest absolute Gasteiger partial charge is 0.0181 e. The van der Waals surface area contributed by atoms with Crippen molar-refractivity contribution in [1.29, 1.82) is 0 Å². The number of thioether (sulfide) groups is 1. The summed E-state index contributed by atoms with van der Waals surface area (Å²) in [6, 6.07) is 13.1. The van der Waals surface area contributed by atoms with Crippen molar-refractivity contribution in [2.75, 3.05) is 0 Å². The zero-order valence-corrected chi connectivity index (χ0v) is 15.3. The Morgan fingerprint density at radius 1 is 0.870 bits per heavy atom. The Morgan fingerprint density at radius 3 is 2.61 bits per heavy atom. The first-order chi connectivity index (χ1) is 11.2. The van der Waals surface area contributed by atoms with E-state index in [2.05, 4.69) is 95.7 Å². The summed E-state index contributed by atoms with van der Waals surface area (Å²) in [5, 5.41) is 2.56. The van der Waals surface area contributed by atoms with Crippen LogP contribution in [0.5, 0.6) is 0 Å². The first kappa shape index (κ1) is 15.0. The standard InChI is InChI=1S/C21H17BrS/c1-14-2-3-15-5-8-20(12-17(15)10-14)23-21-9-6-16-4-7-19(22)11-18(16)13-21/h2-13,15,17H,1H3. The van der Waals surface area contributed by atoms with Crippen molar-refractivity contribution in [3.8, 4) is 0 Å². The predicted octanol–water partition coefficient (Wildman–Crippen LogP) is 6.90. The van der Waals surface area contributed by atoms with E-state index >= 15 is 0 Å². The molecular formula is C21H17BrS. The van der Waals surface area contributed by atoms with Crippen LogP contribution >= 0.6 is 27.7 Å². The molecule has 0 saturated heterocycles. The molecular weight excluding hydrogens is 364 g/mol. The van der Waals surface area contributed by atoms with Crippen molar-refractivity contribution in [1.82, 2.24) is 0 Å². The van der Waals surface area contributed by atoms with E-state index in [1.54, 1.807) is 0 Å². The SMILES string of the molecule is CC1=CC2C=C(Sc3ccc4ccc(Br)cc4c3)C=CC2C=C1. The molecule has 0 heterocycles. The van der Waals surface area contributed by atoms with E-state index in [0.717, 1.165) is 4.47 Å². The van der Waals surface area contributed by atoms with Gasteiger partial charge in [-0.05, 0) is 42.0 Å². The minimum Gasteiger partial charge on any atom is -0.0904 e. The largest absolute Gasteiger partial charge is 0.0904 e. The molecule has 2 aromatic carbocycles. The summed E-state index contributed by atoms with van der Waals surface area (Å²) in [5.74, 6) is 1.03. The number of hydrogen-bond donors (Lipinski definition) is 0. The lowest BCUT2D eigenvalue weighted by atomic mass is 9.83. The quantitative estimate of drug-likeness (QED) is 0.545. The maximum absolute atomic E-state index is 3.56. The zero-order chi connectivity index (χ0) is 15.8. The Bertz CT molecular complexity index is 886. The first-order valence-corrected chi connectivity index (χ1v) is 9.42. The molecule has 0 nitrogen and oxygen atoms in total. The van der Waals surface area contributed by atoms with Crippen molar-refractivity contribution in [2.45, 2.75) is 11.8 Å². The molecule has 23 heavy (non-hydrogen) atoms. The van der Waals surface area contributed by atoms with Gasteiger partial charge in [-0.2, -0.15) is 0 Å². The van der Waals surface area contributed by atoms with Crippen LogP contribution in [0.2, 0.25) is 0 Å². The average molecular weight is 381 g/mol. The second kappa shape index (κ2) is 6.18. The highest BCUT2D eigenvalue weighted by Crippen LogP contribution is 2.37. The van der Waals surface area contributed by atoms with Crippen LogP contribution in [0, 0.1) is 11.8 Å². The molecule has 0 saturated carbocycles. The number of allylic oxidation sites excluding steroid dienone is 7. The van der Waals surface area contributed by atoms with Crippen molar-refractivity contribution < 1.29 is 0 Å². The summed E-state index contributed by atoms with van der Waals surface area (Å²) in [6.07, 6.45) is 13.9. The van der Waals surface area contributed by atoms with Gasteiger partial charge in [0, 0.05) is 26.1 Å². The van der Waals surface area contributed by atoms with Gasteiger partial charge in [0.2, 0.25) is 0 Å². The molecule has 0 aromatic heterocycles. The molecule has 2 unspecified atom stereocenters. The van der Waals surface area contributed by atoms with Crippen LogP contribution in [0.3, 0.4) is 0 Å². The molecule has 2 atom stereocenters. The van der Waals surface area contributed by atoms with E-state index in [9.17, 15) is 0 Å². The van der Waals surface area contributed by atoms with Crippen molar-refractivity contribution >= 4 is 38.5 Å². The maximum Gasteiger partial charge on any atom is 0.0181 e. The summed E-state index contributed by atoms with van der Waals surface area (Å²) in [7, 11) is 0. The van der Waals surface area contributed by atoms with Gasteiger partial charge in [-0.1, -0.05) is 81.9 Å². The van der Waals surface area contributed by atoms with Gasteiger partial charge < -0.3 is 0 Å². The molecule has 0 aliphatic heterocycles. The molecule has 0 spiro atoms. The zero-order valence-electron chi connectivity index (χ0n) is 12.9. The summed E-state index contributed by atoms with van der Waals surface area (Å²) in [4.78, 5) is 2.62. The Kier molecular flexibility index (Phi) is 4.04. The van der Waals surface area contributed by atoms with Gasteiger partial charge in [0.05, 0.1) is 0 Å². The fourth-order valence-corrected chi connectivity index (χ4v) is 4.47. The van der Waals surface area contributed by atoms with Gasteiger partial charge in [0.15, 0.2) is 0 Å². The lowest BCUT2D eigenvalue weighted by Crippen LogP contribution is -2.12. The molecule has 0 bridgehead atoms. The number of benzene rings is 2. The molecule has 2 aromatic rings. The average Bonchev–Trinajstić information content (AvgIpc) is 2.54. The number of halogens is 1. The highest BCUT2D eigenvalue weighted by atomic mass is 79.9. The molecule has 2 heteroatoms. The molecule has 0 amide bonds. The third-order valence-corrected chi connectivity index (χ3v) is 5.82. The van der Waals surface area contributed by atoms with Crippen LogP contribution in [0.15, 0.2) is 92.7 Å². The fourth-order valence-electron chi connectivity index (χ4n) is 3.13. The van der Waals surface area contributed by atoms with Gasteiger partial charge in [-0.25, -0.2) is 0 Å². The highest BCUT2D eigenvalue weighted by Gasteiger charge is 2.19. The van der Waals surface area contributed by atoms with Crippen LogP contribution in [-0.2, 0) is 0 Å². The minimum atomic E-state index is 0.502. The third kappa shape index (κ3) is 3.24. The highest BCUT2D eigenvalue weighted by molar-refractivity contribution is 9.10. The normalized spacial score (nSPS) is 22.7. The van der Waals surface area contributed by atoms with Crippen molar-refractivity contribution in [3.05, 3.63) is 87.8 Å². The van der Waals surface area contributed by atoms with Crippen LogP contribution in [-0.4, -0.2) is 0 Å². The monoisotopic (exact) mass is 380 g/mol. The Labute approximate surface area is 149 Å². The third-order valence-electron chi connectivity index (χ3n) is 4.33. The number of hydrogen-bond acceptors (Lipinski definition) is 1. The summed E-state index contributed by atoms with van der Waals surface area (Å²) >= 11 is 5.40. The predicted molar refractivity (Wildman–Crippen MR) is 105 cm³/mol. The second-order valence-electron chi connectivity index (χ2n) is 6.11. The molecule has 0 radical (unpaired) electrons. The van der Waals surface area contributed by atoms with Crippen molar-refractivity contribution in [3.63, 3.8) is 0 Å². The van der Waals surface area contributed by atoms with E-state index in [0.29, 0.717) is 11.8 Å². The van der Waals surface area contributed by atoms with Gasteiger partial charge in [0.1, 0.15) is 0 Å². The van der Waals surface area contributed by atoms with Gasteiger partial charge in [-0.3, -0.25) is 0 Å². The molecule has 114 valence electrons. The molecule has 0 N–H and O–H groups in total. The van der Waals surface area contributed by atoms with Crippen LogP contribution in [0.1, 0.15) is 6.92 Å². The number of rotatable bonds is 2. The molecule has 4 rings (SSSR count). The van der Waals surface area contributed by atoms with E-state index in [1.165, 1.54) is 26.1 Å². The first-order valence-electron chi connectivity index (χ1n) is 7.81. The van der Waals surface area contributed by atoms with Crippen molar-refractivity contribution in [2.24, 2.45) is 11.8 Å². The van der Waals surface area contributed by atoms with E-state index in [4.69, 9.17) is 0 Å². The second-order valence-corrected chi connectivity index (χ2v) is 8.17. The van der Waals surface area contributed by atoms with Gasteiger partial charge in [-0.15, -0.1) is 0 Å². The van der Waals surface area contributed by atoms with Crippen LogP contribution < -0.4 is 0 Å². The van der Waals surface area contributed by atoms with E-state index < -0.39 is 0 Å².